The van der Waals surface area contributed by atoms with Gasteiger partial charge in [0.25, 0.3) is 0 Å². The van der Waals surface area contributed by atoms with E-state index in [4.69, 9.17) is 4.74 Å². The molecule has 0 unspecified atom stereocenters. The fourth-order valence-corrected chi connectivity index (χ4v) is 3.82. The molecular weight excluding hydrogens is 501 g/mol. The minimum absolute atomic E-state index is 0.0801. The van der Waals surface area contributed by atoms with Gasteiger partial charge in [-0.2, -0.15) is 13.9 Å². The second-order valence-electron chi connectivity index (χ2n) is 8.40. The van der Waals surface area contributed by atoms with Crippen molar-refractivity contribution < 1.29 is 31.8 Å². The SMILES string of the molecule is C[C@@H](n1ccn(-c2ccc(OCC(F)(F)C(F)F)cc2)c1=O)[C@](O)(Cn1cncn1)c1ccc(F)cc1. The summed E-state index contributed by atoms with van der Waals surface area (Å²) in [4.78, 5) is 17.1. The van der Waals surface area contributed by atoms with Gasteiger partial charge in [0.05, 0.1) is 18.3 Å². The lowest BCUT2D eigenvalue weighted by Crippen LogP contribution is -2.43. The highest BCUT2D eigenvalue weighted by Gasteiger charge is 2.42. The van der Waals surface area contributed by atoms with Gasteiger partial charge in [0.2, 0.25) is 0 Å². The van der Waals surface area contributed by atoms with Crippen LogP contribution in [0.4, 0.5) is 22.0 Å². The molecule has 0 fully saturated rings. The molecule has 1 N–H and O–H groups in total. The lowest BCUT2D eigenvalue weighted by molar-refractivity contribution is -0.148. The molecule has 196 valence electrons. The Hall–Kier alpha value is -4.00. The second-order valence-corrected chi connectivity index (χ2v) is 8.40. The first-order valence-corrected chi connectivity index (χ1v) is 11.0. The van der Waals surface area contributed by atoms with Gasteiger partial charge in [0.1, 0.15) is 29.8 Å². The van der Waals surface area contributed by atoms with Crippen LogP contribution in [0.2, 0.25) is 0 Å². The monoisotopic (exact) mass is 523 g/mol. The fraction of sp³-hybridized carbons (Fsp3) is 0.292. The van der Waals surface area contributed by atoms with Crippen LogP contribution in [0.5, 0.6) is 5.75 Å². The predicted octanol–water partition coefficient (Wildman–Crippen LogP) is 3.80. The van der Waals surface area contributed by atoms with Gasteiger partial charge >= 0.3 is 18.0 Å². The van der Waals surface area contributed by atoms with Crippen molar-refractivity contribution in [3.05, 3.63) is 95.4 Å². The molecule has 0 amide bonds. The summed E-state index contributed by atoms with van der Waals surface area (Å²) >= 11 is 0. The lowest BCUT2D eigenvalue weighted by Gasteiger charge is -2.34. The Labute approximate surface area is 207 Å². The van der Waals surface area contributed by atoms with E-state index in [1.54, 1.807) is 6.92 Å². The third-order valence-corrected chi connectivity index (χ3v) is 5.99. The maximum atomic E-state index is 13.6. The van der Waals surface area contributed by atoms with Crippen LogP contribution in [0.15, 0.2) is 78.4 Å². The third-order valence-electron chi connectivity index (χ3n) is 5.99. The maximum absolute atomic E-state index is 13.6. The average Bonchev–Trinajstić information content (AvgIpc) is 3.52. The Bertz CT molecular complexity index is 1370. The fourth-order valence-electron chi connectivity index (χ4n) is 3.82. The third kappa shape index (κ3) is 5.40. The summed E-state index contributed by atoms with van der Waals surface area (Å²) in [5.74, 6) is -4.87. The Balaban J connectivity index is 1.61. The summed E-state index contributed by atoms with van der Waals surface area (Å²) in [6, 6.07) is 9.69. The van der Waals surface area contributed by atoms with Crippen LogP contribution in [0.25, 0.3) is 5.69 Å². The minimum atomic E-state index is -4.30. The van der Waals surface area contributed by atoms with Crippen molar-refractivity contribution in [2.24, 2.45) is 0 Å². The number of hydrogen-bond donors (Lipinski definition) is 1. The van der Waals surface area contributed by atoms with Crippen molar-refractivity contribution in [1.29, 1.82) is 0 Å². The van der Waals surface area contributed by atoms with E-state index in [0.717, 1.165) is 0 Å². The Morgan fingerprint density at radius 1 is 1.05 bits per heavy atom. The van der Waals surface area contributed by atoms with Gasteiger partial charge in [-0.3, -0.25) is 9.13 Å². The number of ether oxygens (including phenoxy) is 1. The van der Waals surface area contributed by atoms with Crippen molar-refractivity contribution in [3.8, 4) is 11.4 Å². The van der Waals surface area contributed by atoms with Crippen molar-refractivity contribution in [3.63, 3.8) is 0 Å². The summed E-state index contributed by atoms with van der Waals surface area (Å²) in [5, 5.41) is 15.8. The largest absolute Gasteiger partial charge is 0.487 e. The smallest absolute Gasteiger partial charge is 0.340 e. The first-order chi connectivity index (χ1) is 17.5. The van der Waals surface area contributed by atoms with E-state index in [1.807, 2.05) is 0 Å². The molecule has 0 saturated heterocycles. The first kappa shape index (κ1) is 26.1. The molecule has 2 atom stereocenters. The zero-order valence-corrected chi connectivity index (χ0v) is 19.4. The van der Waals surface area contributed by atoms with Crippen LogP contribution in [-0.4, -0.2) is 48.0 Å². The maximum Gasteiger partial charge on any atom is 0.340 e. The second kappa shape index (κ2) is 10.2. The van der Waals surface area contributed by atoms with Crippen LogP contribution in [-0.2, 0) is 12.1 Å². The van der Waals surface area contributed by atoms with Crippen LogP contribution >= 0.6 is 0 Å². The Morgan fingerprint density at radius 3 is 2.32 bits per heavy atom. The summed E-state index contributed by atoms with van der Waals surface area (Å²) in [6.45, 7) is 0.0322. The Kier molecular flexibility index (Phi) is 7.16. The molecule has 37 heavy (non-hydrogen) atoms. The highest BCUT2D eigenvalue weighted by molar-refractivity contribution is 5.37. The number of benzene rings is 2. The molecule has 0 saturated carbocycles. The topological polar surface area (TPSA) is 87.1 Å². The lowest BCUT2D eigenvalue weighted by atomic mass is 9.86. The van der Waals surface area contributed by atoms with Gasteiger partial charge in [-0.25, -0.2) is 27.6 Å². The first-order valence-electron chi connectivity index (χ1n) is 11.0. The standard InChI is InChI=1S/C24H22F5N5O3/c1-16(23(36,12-32-15-30-14-31-32)17-2-4-18(25)5-3-17)33-10-11-34(22(33)35)19-6-8-20(9-7-19)37-13-24(28,29)21(26)27/h2-11,14-16,21,36H,12-13H2,1H3/t16-,23-/m1/s1. The number of imidazole rings is 1. The molecular formula is C24H22F5N5O3. The van der Waals surface area contributed by atoms with Crippen molar-refractivity contribution in [2.75, 3.05) is 6.61 Å². The molecule has 0 bridgehead atoms. The number of alkyl halides is 4. The highest BCUT2D eigenvalue weighted by Crippen LogP contribution is 2.34. The molecule has 8 nitrogen and oxygen atoms in total. The number of hydrogen-bond acceptors (Lipinski definition) is 5. The van der Waals surface area contributed by atoms with Gasteiger partial charge in [-0.15, -0.1) is 0 Å². The summed E-state index contributed by atoms with van der Waals surface area (Å²) < 4.78 is 73.0. The molecule has 0 aliphatic rings. The van der Waals surface area contributed by atoms with Gasteiger partial charge in [-0.05, 0) is 48.9 Å². The molecule has 2 aromatic carbocycles. The van der Waals surface area contributed by atoms with Crippen molar-refractivity contribution in [2.45, 2.75) is 37.5 Å². The molecule has 4 rings (SSSR count). The van der Waals surface area contributed by atoms with E-state index in [2.05, 4.69) is 10.1 Å². The number of aliphatic hydroxyl groups is 1. The number of aromatic nitrogens is 5. The zero-order valence-electron chi connectivity index (χ0n) is 19.4. The zero-order chi connectivity index (χ0) is 26.8. The van der Waals surface area contributed by atoms with Crippen molar-refractivity contribution in [1.82, 2.24) is 23.9 Å². The van der Waals surface area contributed by atoms with Crippen LogP contribution in [0, 0.1) is 5.82 Å². The molecule has 13 heteroatoms. The quantitative estimate of drug-likeness (QED) is 0.320. The van der Waals surface area contributed by atoms with E-state index in [-0.39, 0.29) is 12.3 Å². The number of halogens is 5. The molecule has 0 spiro atoms. The summed E-state index contributed by atoms with van der Waals surface area (Å²) in [7, 11) is 0. The minimum Gasteiger partial charge on any atom is -0.487 e. The normalized spacial score (nSPS) is 14.5. The van der Waals surface area contributed by atoms with Gasteiger partial charge in [0.15, 0.2) is 6.61 Å². The number of rotatable bonds is 10. The van der Waals surface area contributed by atoms with E-state index >= 15 is 0 Å². The van der Waals surface area contributed by atoms with E-state index in [0.29, 0.717) is 11.3 Å². The van der Waals surface area contributed by atoms with Gasteiger partial charge < -0.3 is 9.84 Å². The average molecular weight is 523 g/mol. The molecule has 0 aliphatic heterocycles. The summed E-state index contributed by atoms with van der Waals surface area (Å²) in [6.07, 6.45) is 1.73. The molecule has 2 heterocycles. The molecule has 4 aromatic rings. The van der Waals surface area contributed by atoms with Crippen LogP contribution < -0.4 is 10.4 Å². The van der Waals surface area contributed by atoms with Crippen LogP contribution in [0.1, 0.15) is 18.5 Å². The van der Waals surface area contributed by atoms with E-state index in [9.17, 15) is 31.9 Å². The Morgan fingerprint density at radius 2 is 1.73 bits per heavy atom. The summed E-state index contributed by atoms with van der Waals surface area (Å²) in [5.41, 5.74) is -1.56. The number of nitrogens with zero attached hydrogens (tertiary/aromatic N) is 5. The van der Waals surface area contributed by atoms with E-state index in [1.165, 1.54) is 87.4 Å². The molecule has 2 aromatic heterocycles. The molecule has 0 aliphatic carbocycles. The van der Waals surface area contributed by atoms with Crippen molar-refractivity contribution >= 4 is 0 Å². The predicted molar refractivity (Wildman–Crippen MR) is 122 cm³/mol. The highest BCUT2D eigenvalue weighted by atomic mass is 19.3. The van der Waals surface area contributed by atoms with Gasteiger partial charge in [0, 0.05) is 12.4 Å². The molecule has 0 radical (unpaired) electrons. The van der Waals surface area contributed by atoms with E-state index < -0.39 is 42.1 Å². The van der Waals surface area contributed by atoms with Gasteiger partial charge in [-0.1, -0.05) is 12.1 Å². The van der Waals surface area contributed by atoms with Crippen LogP contribution in [0.3, 0.4) is 0 Å².